The van der Waals surface area contributed by atoms with Crippen LogP contribution >= 0.6 is 12.4 Å². The molecule has 0 unspecified atom stereocenters. The summed E-state index contributed by atoms with van der Waals surface area (Å²) < 4.78 is 39.3. The highest BCUT2D eigenvalue weighted by Gasteiger charge is 2.07. The Hall–Kier alpha value is -1.15. The van der Waals surface area contributed by atoms with Crippen LogP contribution in [0.1, 0.15) is 0 Å². The van der Waals surface area contributed by atoms with Gasteiger partial charge in [-0.1, -0.05) is 0 Å². The molecule has 4 N–H and O–H groups in total. The monoisotopic (exact) mass is 296 g/mol. The van der Waals surface area contributed by atoms with E-state index < -0.39 is 10.0 Å². The Morgan fingerprint density at radius 3 is 2.28 bits per heavy atom. The molecule has 0 fully saturated rings. The molecular formula is C10H14ClFN2O3S. The van der Waals surface area contributed by atoms with E-state index in [1.165, 1.54) is 24.3 Å². The van der Waals surface area contributed by atoms with Crippen molar-refractivity contribution in [2.75, 3.05) is 13.2 Å². The second-order valence-corrected chi connectivity index (χ2v) is 4.84. The van der Waals surface area contributed by atoms with Gasteiger partial charge in [0.25, 0.3) is 0 Å². The van der Waals surface area contributed by atoms with E-state index >= 15 is 0 Å². The van der Waals surface area contributed by atoms with E-state index in [1.54, 1.807) is 0 Å². The molecule has 0 radical (unpaired) electrons. The van der Waals surface area contributed by atoms with Crippen molar-refractivity contribution < 1.29 is 17.5 Å². The quantitative estimate of drug-likeness (QED) is 0.845. The molecule has 18 heavy (non-hydrogen) atoms. The third kappa shape index (κ3) is 5.01. The molecule has 102 valence electrons. The van der Waals surface area contributed by atoms with Gasteiger partial charge in [-0.15, -0.1) is 12.4 Å². The maximum Gasteiger partial charge on any atom is 0.238 e. The zero-order valence-electron chi connectivity index (χ0n) is 9.37. The summed E-state index contributed by atoms with van der Waals surface area (Å²) in [7, 11) is -3.71. The van der Waals surface area contributed by atoms with E-state index in [1.807, 2.05) is 0 Å². The third-order valence-electron chi connectivity index (χ3n) is 1.99. The number of halogens is 2. The van der Waals surface area contributed by atoms with Crippen molar-refractivity contribution in [1.82, 2.24) is 0 Å². The van der Waals surface area contributed by atoms with Crippen molar-refractivity contribution in [2.24, 2.45) is 10.9 Å². The lowest BCUT2D eigenvalue weighted by molar-refractivity contribution is 0.347. The summed E-state index contributed by atoms with van der Waals surface area (Å²) in [5.41, 5.74) is 5.55. The minimum atomic E-state index is -3.71. The van der Waals surface area contributed by atoms with Crippen molar-refractivity contribution in [3.05, 3.63) is 36.2 Å². The number of hydrogen-bond acceptors (Lipinski definition) is 4. The fourth-order valence-electron chi connectivity index (χ4n) is 1.04. The first-order valence-corrected chi connectivity index (χ1v) is 6.26. The Bertz CT molecular complexity index is 502. The zero-order chi connectivity index (χ0) is 12.9. The molecule has 1 aromatic carbocycles. The molecule has 8 heteroatoms. The van der Waals surface area contributed by atoms with Crippen LogP contribution in [0.25, 0.3) is 0 Å². The van der Waals surface area contributed by atoms with E-state index in [2.05, 4.69) is 0 Å². The first-order valence-electron chi connectivity index (χ1n) is 4.71. The van der Waals surface area contributed by atoms with E-state index in [0.29, 0.717) is 17.7 Å². The Labute approximate surface area is 111 Å². The van der Waals surface area contributed by atoms with Crippen LogP contribution in [-0.2, 0) is 10.0 Å². The van der Waals surface area contributed by atoms with Crippen LogP contribution in [-0.4, -0.2) is 21.6 Å². The summed E-state index contributed by atoms with van der Waals surface area (Å²) in [6.07, 6.45) is 0.388. The molecule has 0 aliphatic carbocycles. The smallest absolute Gasteiger partial charge is 0.238 e. The van der Waals surface area contributed by atoms with Crippen LogP contribution in [0.3, 0.4) is 0 Å². The lowest BCUT2D eigenvalue weighted by Gasteiger charge is -2.07. The van der Waals surface area contributed by atoms with E-state index in [4.69, 9.17) is 15.6 Å². The van der Waals surface area contributed by atoms with Gasteiger partial charge < -0.3 is 10.5 Å². The molecule has 0 bridgehead atoms. The average molecular weight is 297 g/mol. The second kappa shape index (κ2) is 7.32. The summed E-state index contributed by atoms with van der Waals surface area (Å²) in [6, 6.07) is 5.50. The molecular weight excluding hydrogens is 283 g/mol. The Morgan fingerprint density at radius 2 is 1.89 bits per heavy atom. The minimum absolute atomic E-state index is 0. The number of sulfonamides is 1. The van der Waals surface area contributed by atoms with Crippen LogP contribution in [0.2, 0.25) is 0 Å². The predicted molar refractivity (Wildman–Crippen MR) is 68.8 cm³/mol. The summed E-state index contributed by atoms with van der Waals surface area (Å²) in [6.45, 7) is 0.0769. The number of primary sulfonamides is 1. The van der Waals surface area contributed by atoms with Gasteiger partial charge in [-0.2, -0.15) is 0 Å². The molecule has 0 aromatic heterocycles. The van der Waals surface area contributed by atoms with Crippen molar-refractivity contribution in [1.29, 1.82) is 0 Å². The van der Waals surface area contributed by atoms with Gasteiger partial charge in [0.15, 0.2) is 0 Å². The molecule has 0 saturated carbocycles. The fourth-order valence-corrected chi connectivity index (χ4v) is 1.55. The van der Waals surface area contributed by atoms with Crippen LogP contribution in [0.4, 0.5) is 4.39 Å². The van der Waals surface area contributed by atoms with Crippen LogP contribution in [0.5, 0.6) is 5.75 Å². The summed E-state index contributed by atoms with van der Waals surface area (Å²) in [5, 5.41) is 4.93. The van der Waals surface area contributed by atoms with Crippen molar-refractivity contribution in [3.63, 3.8) is 0 Å². The first-order chi connectivity index (χ1) is 7.97. The maximum atomic E-state index is 12.2. The summed E-state index contributed by atoms with van der Waals surface area (Å²) in [4.78, 5) is -0.00932. The molecule has 0 aliphatic heterocycles. The molecule has 0 aliphatic rings. The van der Waals surface area contributed by atoms with Crippen molar-refractivity contribution >= 4 is 22.4 Å². The Morgan fingerprint density at radius 1 is 1.33 bits per heavy atom. The molecule has 0 heterocycles. The SMILES string of the molecule is Cl.NC/C(=C\F)COc1ccc(S(N)(=O)=O)cc1. The van der Waals surface area contributed by atoms with E-state index in [9.17, 15) is 12.8 Å². The summed E-state index contributed by atoms with van der Waals surface area (Å²) >= 11 is 0. The predicted octanol–water partition coefficient (Wildman–Crippen LogP) is 0.947. The molecule has 0 spiro atoms. The number of ether oxygens (including phenoxy) is 1. The van der Waals surface area contributed by atoms with E-state index in [-0.39, 0.29) is 30.5 Å². The molecule has 1 aromatic rings. The van der Waals surface area contributed by atoms with Gasteiger partial charge in [0.05, 0.1) is 11.2 Å². The normalized spacial score (nSPS) is 11.8. The van der Waals surface area contributed by atoms with Gasteiger partial charge in [0.2, 0.25) is 10.0 Å². The van der Waals surface area contributed by atoms with Gasteiger partial charge in [0, 0.05) is 12.1 Å². The number of benzene rings is 1. The standard InChI is InChI=1S/C10H13FN2O3S.ClH/c11-5-8(6-12)7-16-9-1-3-10(4-2-9)17(13,14)15;/h1-5H,6-7,12H2,(H2,13,14,15);1H/b8-5+;. The van der Waals surface area contributed by atoms with Crippen molar-refractivity contribution in [3.8, 4) is 5.75 Å². The lowest BCUT2D eigenvalue weighted by atomic mass is 10.3. The molecule has 0 saturated heterocycles. The Balaban J connectivity index is 0.00000289. The van der Waals surface area contributed by atoms with Gasteiger partial charge in [0.1, 0.15) is 12.4 Å². The number of rotatable bonds is 5. The maximum absolute atomic E-state index is 12.2. The minimum Gasteiger partial charge on any atom is -0.489 e. The third-order valence-corrected chi connectivity index (χ3v) is 2.92. The fraction of sp³-hybridized carbons (Fsp3) is 0.200. The van der Waals surface area contributed by atoms with Gasteiger partial charge in [-0.05, 0) is 24.3 Å². The first kappa shape index (κ1) is 16.9. The largest absolute Gasteiger partial charge is 0.489 e. The van der Waals surface area contributed by atoms with E-state index in [0.717, 1.165) is 0 Å². The molecule has 5 nitrogen and oxygen atoms in total. The van der Waals surface area contributed by atoms with Crippen LogP contribution in [0.15, 0.2) is 41.1 Å². The lowest BCUT2D eigenvalue weighted by Crippen LogP contribution is -2.12. The van der Waals surface area contributed by atoms with Crippen molar-refractivity contribution in [2.45, 2.75) is 4.90 Å². The molecule has 1 rings (SSSR count). The topological polar surface area (TPSA) is 95.4 Å². The molecule has 0 amide bonds. The highest BCUT2D eigenvalue weighted by Crippen LogP contribution is 2.15. The summed E-state index contributed by atoms with van der Waals surface area (Å²) in [5.74, 6) is 0.408. The Kier molecular flexibility index (Phi) is 6.85. The van der Waals surface area contributed by atoms with Gasteiger partial charge >= 0.3 is 0 Å². The van der Waals surface area contributed by atoms with Gasteiger partial charge in [-0.25, -0.2) is 17.9 Å². The second-order valence-electron chi connectivity index (χ2n) is 3.28. The van der Waals surface area contributed by atoms with Gasteiger partial charge in [-0.3, -0.25) is 0 Å². The van der Waals surface area contributed by atoms with Crippen LogP contribution < -0.4 is 15.6 Å². The number of hydrogen-bond donors (Lipinski definition) is 2. The highest BCUT2D eigenvalue weighted by molar-refractivity contribution is 7.89. The number of nitrogens with two attached hydrogens (primary N) is 2. The molecule has 0 atom stereocenters. The average Bonchev–Trinajstić information content (AvgIpc) is 2.30. The van der Waals surface area contributed by atoms with Crippen LogP contribution in [0, 0.1) is 0 Å². The highest BCUT2D eigenvalue weighted by atomic mass is 35.5. The zero-order valence-corrected chi connectivity index (χ0v) is 11.0.